The van der Waals surface area contributed by atoms with Crippen LogP contribution >= 0.6 is 0 Å². The van der Waals surface area contributed by atoms with E-state index in [9.17, 15) is 4.39 Å². The maximum atomic E-state index is 13.8. The van der Waals surface area contributed by atoms with Crippen LogP contribution in [-0.4, -0.2) is 5.84 Å². The Morgan fingerprint density at radius 2 is 1.74 bits per heavy atom. The van der Waals surface area contributed by atoms with Gasteiger partial charge in [0.25, 0.3) is 0 Å². The number of nitrogens with zero attached hydrogens (tertiary/aromatic N) is 1. The zero-order valence-electron chi connectivity index (χ0n) is 17.2. The number of anilines is 1. The van der Waals surface area contributed by atoms with Gasteiger partial charge in [0.15, 0.2) is 0 Å². The maximum Gasteiger partial charge on any atom is 0.147 e. The molecule has 1 unspecified atom stereocenters. The Morgan fingerprint density at radius 3 is 2.65 bits per heavy atom. The lowest BCUT2D eigenvalue weighted by molar-refractivity contribution is 0.626. The van der Waals surface area contributed by atoms with Gasteiger partial charge in [0.1, 0.15) is 17.8 Å². The number of hydrogen-bond donors (Lipinski definition) is 2. The number of aliphatic imine (C=N–C) groups is 1. The predicted molar refractivity (Wildman–Crippen MR) is 127 cm³/mol. The van der Waals surface area contributed by atoms with E-state index in [-0.39, 0.29) is 12.0 Å². The first-order valence-electron chi connectivity index (χ1n) is 10.2. The van der Waals surface area contributed by atoms with E-state index < -0.39 is 0 Å². The second-order valence-corrected chi connectivity index (χ2v) is 7.70. The van der Waals surface area contributed by atoms with Crippen molar-refractivity contribution in [3.63, 3.8) is 0 Å². The van der Waals surface area contributed by atoms with Crippen LogP contribution in [0, 0.1) is 12.7 Å². The van der Waals surface area contributed by atoms with Gasteiger partial charge in [0, 0.05) is 28.1 Å². The van der Waals surface area contributed by atoms with Crippen molar-refractivity contribution in [3.05, 3.63) is 120 Å². The molecule has 0 spiro atoms. The van der Waals surface area contributed by atoms with Gasteiger partial charge in [-0.3, -0.25) is 0 Å². The molecule has 4 aromatic carbocycles. The van der Waals surface area contributed by atoms with Crippen molar-refractivity contribution in [1.82, 2.24) is 5.32 Å². The normalized spacial score (nSPS) is 15.0. The third-order valence-corrected chi connectivity index (χ3v) is 5.64. The van der Waals surface area contributed by atoms with Crippen molar-refractivity contribution in [2.24, 2.45) is 4.99 Å². The zero-order valence-corrected chi connectivity index (χ0v) is 17.2. The first-order valence-corrected chi connectivity index (χ1v) is 10.2. The lowest BCUT2D eigenvalue weighted by atomic mass is 10.0. The molecule has 1 aliphatic heterocycles. The smallest absolute Gasteiger partial charge is 0.147 e. The number of hydrogen-bond acceptors (Lipinski definition) is 3. The maximum absolute atomic E-state index is 13.8. The van der Waals surface area contributed by atoms with Crippen molar-refractivity contribution in [2.75, 3.05) is 5.32 Å². The highest BCUT2D eigenvalue weighted by atomic mass is 19.1. The summed E-state index contributed by atoms with van der Waals surface area (Å²) in [6.45, 7) is 6.11. The van der Waals surface area contributed by atoms with Crippen LogP contribution in [0.5, 0.6) is 0 Å². The van der Waals surface area contributed by atoms with Gasteiger partial charge in [-0.15, -0.1) is 0 Å². The molecule has 1 atom stereocenters. The molecule has 0 amide bonds. The molecule has 2 N–H and O–H groups in total. The summed E-state index contributed by atoms with van der Waals surface area (Å²) in [6.07, 6.45) is -0.259. The fraction of sp³-hybridized carbons (Fsp3) is 0.0741. The van der Waals surface area contributed by atoms with E-state index >= 15 is 0 Å². The van der Waals surface area contributed by atoms with Crippen molar-refractivity contribution >= 4 is 28.0 Å². The SMILES string of the molecule is C=C(NC1=NC(c2cccc3ccccc23)Nc2ccccc21)c1cc(F)ccc1C. The molecule has 0 saturated heterocycles. The Bertz CT molecular complexity index is 1330. The van der Waals surface area contributed by atoms with E-state index in [1.54, 1.807) is 6.07 Å². The van der Waals surface area contributed by atoms with Crippen molar-refractivity contribution in [2.45, 2.75) is 13.1 Å². The predicted octanol–water partition coefficient (Wildman–Crippen LogP) is 6.42. The number of halogens is 1. The van der Waals surface area contributed by atoms with Gasteiger partial charge in [-0.25, -0.2) is 9.38 Å². The minimum atomic E-state index is -0.287. The average Bonchev–Trinajstić information content (AvgIpc) is 2.80. The molecular formula is C27H22FN3. The lowest BCUT2D eigenvalue weighted by Crippen LogP contribution is -2.30. The zero-order chi connectivity index (χ0) is 21.4. The summed E-state index contributed by atoms with van der Waals surface area (Å²) >= 11 is 0. The first kappa shape index (κ1) is 19.1. The molecule has 0 aromatic heterocycles. The highest BCUT2D eigenvalue weighted by molar-refractivity contribution is 6.08. The minimum Gasteiger partial charge on any atom is -0.359 e. The molecule has 5 rings (SSSR count). The lowest BCUT2D eigenvalue weighted by Gasteiger charge is -2.27. The van der Waals surface area contributed by atoms with E-state index in [0.29, 0.717) is 11.5 Å². The number of fused-ring (bicyclic) bond motifs is 2. The Kier molecular flexibility index (Phi) is 4.75. The third-order valence-electron chi connectivity index (χ3n) is 5.64. The van der Waals surface area contributed by atoms with Gasteiger partial charge >= 0.3 is 0 Å². The number of para-hydroxylation sites is 1. The van der Waals surface area contributed by atoms with Gasteiger partial charge in [-0.2, -0.15) is 0 Å². The molecule has 0 fully saturated rings. The topological polar surface area (TPSA) is 36.4 Å². The van der Waals surface area contributed by atoms with Gasteiger partial charge in [-0.1, -0.05) is 67.2 Å². The summed E-state index contributed by atoms with van der Waals surface area (Å²) in [5.74, 6) is 0.422. The summed E-state index contributed by atoms with van der Waals surface area (Å²) in [5.41, 5.74) is 5.34. The monoisotopic (exact) mass is 407 g/mol. The fourth-order valence-electron chi connectivity index (χ4n) is 4.06. The number of amidine groups is 1. The molecule has 31 heavy (non-hydrogen) atoms. The number of aryl methyl sites for hydroxylation is 1. The molecule has 1 heterocycles. The van der Waals surface area contributed by atoms with E-state index in [2.05, 4.69) is 47.5 Å². The van der Waals surface area contributed by atoms with E-state index in [0.717, 1.165) is 33.3 Å². The molecule has 152 valence electrons. The highest BCUT2D eigenvalue weighted by Crippen LogP contribution is 2.33. The molecule has 0 saturated carbocycles. The molecule has 0 bridgehead atoms. The van der Waals surface area contributed by atoms with Crippen LogP contribution in [0.1, 0.15) is 28.4 Å². The van der Waals surface area contributed by atoms with Crippen molar-refractivity contribution in [1.29, 1.82) is 0 Å². The van der Waals surface area contributed by atoms with Gasteiger partial charge < -0.3 is 10.6 Å². The van der Waals surface area contributed by atoms with E-state index in [4.69, 9.17) is 4.99 Å². The number of rotatable bonds is 3. The van der Waals surface area contributed by atoms with Crippen LogP contribution in [0.15, 0.2) is 96.5 Å². The quantitative estimate of drug-likeness (QED) is 0.411. The number of nitrogens with one attached hydrogen (secondary N) is 2. The Balaban J connectivity index is 1.58. The van der Waals surface area contributed by atoms with E-state index in [1.165, 1.54) is 17.5 Å². The largest absolute Gasteiger partial charge is 0.359 e. The molecule has 0 radical (unpaired) electrons. The average molecular weight is 407 g/mol. The second kappa shape index (κ2) is 7.73. The van der Waals surface area contributed by atoms with Crippen LogP contribution in [0.25, 0.3) is 16.5 Å². The fourth-order valence-corrected chi connectivity index (χ4v) is 4.06. The Morgan fingerprint density at radius 1 is 0.968 bits per heavy atom. The van der Waals surface area contributed by atoms with Crippen molar-refractivity contribution < 1.29 is 4.39 Å². The summed E-state index contributed by atoms with van der Waals surface area (Å²) < 4.78 is 13.8. The van der Waals surface area contributed by atoms with Crippen LogP contribution < -0.4 is 10.6 Å². The van der Waals surface area contributed by atoms with Gasteiger partial charge in [0.2, 0.25) is 0 Å². The highest BCUT2D eigenvalue weighted by Gasteiger charge is 2.23. The second-order valence-electron chi connectivity index (χ2n) is 7.70. The van der Waals surface area contributed by atoms with Crippen molar-refractivity contribution in [3.8, 4) is 0 Å². The van der Waals surface area contributed by atoms with Crippen LogP contribution in [0.4, 0.5) is 10.1 Å². The van der Waals surface area contributed by atoms with Crippen LogP contribution in [-0.2, 0) is 0 Å². The summed E-state index contributed by atoms with van der Waals surface area (Å²) in [5, 5.41) is 9.24. The molecule has 0 aliphatic carbocycles. The summed E-state index contributed by atoms with van der Waals surface area (Å²) in [4.78, 5) is 5.00. The minimum absolute atomic E-state index is 0.259. The van der Waals surface area contributed by atoms with Gasteiger partial charge in [0.05, 0.1) is 0 Å². The molecular weight excluding hydrogens is 385 g/mol. The molecule has 1 aliphatic rings. The number of benzene rings is 4. The standard InChI is InChI=1S/C27H22FN3/c1-17-14-15-20(28)16-24(17)18(2)29-27-23-11-5-6-13-25(23)30-26(31-27)22-12-7-9-19-8-3-4-10-21(19)22/h3-16,26,30H,2H2,1H3,(H,29,31). The summed E-state index contributed by atoms with van der Waals surface area (Å²) in [7, 11) is 0. The van der Waals surface area contributed by atoms with Crippen LogP contribution in [0.3, 0.4) is 0 Å². The molecule has 4 aromatic rings. The van der Waals surface area contributed by atoms with E-state index in [1.807, 2.05) is 43.3 Å². The Labute approximate surface area is 181 Å². The summed E-state index contributed by atoms with van der Waals surface area (Å²) in [6, 6.07) is 27.3. The molecule has 4 heteroatoms. The Hall–Kier alpha value is -3.92. The third kappa shape index (κ3) is 3.57. The van der Waals surface area contributed by atoms with Crippen LogP contribution in [0.2, 0.25) is 0 Å². The van der Waals surface area contributed by atoms with Gasteiger partial charge in [-0.05, 0) is 47.5 Å². The molecule has 3 nitrogen and oxygen atoms in total. The first-order chi connectivity index (χ1) is 15.1.